The van der Waals surface area contributed by atoms with E-state index in [0.29, 0.717) is 6.42 Å². The summed E-state index contributed by atoms with van der Waals surface area (Å²) in [6, 6.07) is -0.805. The van der Waals surface area contributed by atoms with Crippen molar-refractivity contribution in [2.24, 2.45) is 0 Å². The predicted molar refractivity (Wildman–Crippen MR) is 221 cm³/mol. The molecular weight excluding hydrogens is 682 g/mol. The maximum Gasteiger partial charge on any atom is 0.220 e. The van der Waals surface area contributed by atoms with E-state index < -0.39 is 49.5 Å². The van der Waals surface area contributed by atoms with E-state index >= 15 is 0 Å². The van der Waals surface area contributed by atoms with Gasteiger partial charge in [0.2, 0.25) is 5.91 Å². The fourth-order valence-corrected chi connectivity index (χ4v) is 7.08. The number of rotatable bonds is 37. The van der Waals surface area contributed by atoms with Crippen molar-refractivity contribution >= 4 is 5.91 Å². The number of aliphatic hydroxyl groups is 5. The molecule has 1 heterocycles. The summed E-state index contributed by atoms with van der Waals surface area (Å²) in [6.07, 6.45) is 35.1. The summed E-state index contributed by atoms with van der Waals surface area (Å²) in [7, 11) is 0. The Hall–Kier alpha value is -1.33. The molecule has 0 bridgehead atoms. The largest absolute Gasteiger partial charge is 0.394 e. The van der Waals surface area contributed by atoms with Crippen molar-refractivity contribution in [3.05, 3.63) is 24.3 Å². The summed E-state index contributed by atoms with van der Waals surface area (Å²) in [5, 5.41) is 54.1. The summed E-state index contributed by atoms with van der Waals surface area (Å²) >= 11 is 0. The Labute approximate surface area is 330 Å². The van der Waals surface area contributed by atoms with Crippen LogP contribution in [0.15, 0.2) is 24.3 Å². The lowest BCUT2D eigenvalue weighted by Gasteiger charge is -2.40. The van der Waals surface area contributed by atoms with Crippen LogP contribution < -0.4 is 5.32 Å². The van der Waals surface area contributed by atoms with Crippen LogP contribution in [0.5, 0.6) is 0 Å². The van der Waals surface area contributed by atoms with Gasteiger partial charge in [-0.2, -0.15) is 0 Å². The summed E-state index contributed by atoms with van der Waals surface area (Å²) in [4.78, 5) is 12.9. The van der Waals surface area contributed by atoms with Gasteiger partial charge in [0.05, 0.1) is 25.4 Å². The molecule has 6 N–H and O–H groups in total. The number of allylic oxidation sites excluding steroid dienone is 3. The van der Waals surface area contributed by atoms with Crippen molar-refractivity contribution in [1.29, 1.82) is 0 Å². The van der Waals surface area contributed by atoms with Crippen molar-refractivity contribution in [1.82, 2.24) is 5.32 Å². The number of nitrogens with one attached hydrogen (secondary N) is 1. The first-order valence-corrected chi connectivity index (χ1v) is 22.6. The van der Waals surface area contributed by atoms with Crippen molar-refractivity contribution in [3.8, 4) is 0 Å². The minimum absolute atomic E-state index is 0.188. The zero-order valence-electron chi connectivity index (χ0n) is 34.7. The molecule has 0 spiro atoms. The summed E-state index contributed by atoms with van der Waals surface area (Å²) in [6.45, 7) is 3.73. The van der Waals surface area contributed by atoms with Crippen LogP contribution in [0.1, 0.15) is 200 Å². The number of unbranched alkanes of at least 4 members (excludes halogenated alkanes) is 25. The Morgan fingerprint density at radius 3 is 1.56 bits per heavy atom. The molecule has 0 radical (unpaired) electrons. The van der Waals surface area contributed by atoms with Gasteiger partial charge < -0.3 is 40.3 Å². The average molecular weight is 768 g/mol. The van der Waals surface area contributed by atoms with Crippen LogP contribution in [0.25, 0.3) is 0 Å². The second-order valence-electron chi connectivity index (χ2n) is 15.8. The highest BCUT2D eigenvalue weighted by Crippen LogP contribution is 2.22. The Balaban J connectivity index is 2.34. The van der Waals surface area contributed by atoms with Gasteiger partial charge in [0.25, 0.3) is 0 Å². The molecule has 1 amide bonds. The third-order valence-corrected chi connectivity index (χ3v) is 10.8. The van der Waals surface area contributed by atoms with Crippen LogP contribution in [-0.2, 0) is 14.3 Å². The number of hydrogen-bond acceptors (Lipinski definition) is 8. The van der Waals surface area contributed by atoms with Crippen LogP contribution in [0, 0.1) is 0 Å². The number of hydrogen-bond donors (Lipinski definition) is 6. The zero-order chi connectivity index (χ0) is 39.5. The maximum absolute atomic E-state index is 12.9. The fourth-order valence-electron chi connectivity index (χ4n) is 7.08. The van der Waals surface area contributed by atoms with E-state index in [2.05, 4.69) is 31.3 Å². The summed E-state index contributed by atoms with van der Waals surface area (Å²) < 4.78 is 11.2. The van der Waals surface area contributed by atoms with Crippen LogP contribution in [0.4, 0.5) is 0 Å². The monoisotopic (exact) mass is 768 g/mol. The number of carbonyl (C=O) groups is 1. The number of amides is 1. The normalized spacial score (nSPS) is 21.6. The van der Waals surface area contributed by atoms with Gasteiger partial charge in [-0.3, -0.25) is 4.79 Å². The van der Waals surface area contributed by atoms with E-state index in [0.717, 1.165) is 64.2 Å². The van der Waals surface area contributed by atoms with E-state index in [1.807, 2.05) is 6.08 Å². The number of ether oxygens (including phenoxy) is 2. The highest BCUT2D eigenvalue weighted by Gasteiger charge is 2.44. The third-order valence-electron chi connectivity index (χ3n) is 10.8. The molecule has 1 aliphatic heterocycles. The van der Waals surface area contributed by atoms with Gasteiger partial charge in [-0.1, -0.05) is 179 Å². The standard InChI is InChI=1S/C45H85NO8/c1-3-5-7-9-11-13-15-16-17-18-19-20-21-22-23-25-26-28-30-32-34-39(48)38(37-53-45-44(52)43(51)42(50)40(36-47)54-45)46-41(49)35-33-31-29-27-24-14-12-10-8-6-4-2/h10,12,32,34,38-40,42-45,47-48,50-52H,3-9,11,13-31,33,35-37H2,1-2H3,(H,46,49)/b12-10-,34-32+. The molecule has 0 saturated carbocycles. The molecule has 9 nitrogen and oxygen atoms in total. The highest BCUT2D eigenvalue weighted by atomic mass is 16.7. The number of carbonyl (C=O) groups excluding carboxylic acids is 1. The molecule has 1 saturated heterocycles. The van der Waals surface area contributed by atoms with Crippen LogP contribution in [0.3, 0.4) is 0 Å². The molecule has 1 rings (SSSR count). The van der Waals surface area contributed by atoms with Gasteiger partial charge in [0.1, 0.15) is 24.4 Å². The van der Waals surface area contributed by atoms with Gasteiger partial charge in [-0.25, -0.2) is 0 Å². The van der Waals surface area contributed by atoms with E-state index in [-0.39, 0.29) is 12.5 Å². The van der Waals surface area contributed by atoms with Crippen molar-refractivity contribution in [2.45, 2.75) is 243 Å². The molecule has 0 aromatic heterocycles. The summed E-state index contributed by atoms with van der Waals surface area (Å²) in [5.74, 6) is -0.188. The number of aliphatic hydroxyl groups excluding tert-OH is 5. The average Bonchev–Trinajstić information content (AvgIpc) is 3.17. The molecule has 7 unspecified atom stereocenters. The quantitative estimate of drug-likeness (QED) is 0.0271. The molecule has 0 aromatic rings. The summed E-state index contributed by atoms with van der Waals surface area (Å²) in [5.41, 5.74) is 0. The first kappa shape index (κ1) is 50.7. The van der Waals surface area contributed by atoms with Gasteiger partial charge in [-0.15, -0.1) is 0 Å². The lowest BCUT2D eigenvalue weighted by Crippen LogP contribution is -2.60. The van der Waals surface area contributed by atoms with Gasteiger partial charge in [-0.05, 0) is 38.5 Å². The molecule has 1 fully saturated rings. The molecule has 7 atom stereocenters. The fraction of sp³-hybridized carbons (Fsp3) is 0.889. The minimum Gasteiger partial charge on any atom is -0.394 e. The third kappa shape index (κ3) is 26.5. The van der Waals surface area contributed by atoms with Crippen LogP contribution >= 0.6 is 0 Å². The Kier molecular flexibility index (Phi) is 33.8. The second kappa shape index (κ2) is 36.0. The predicted octanol–water partition coefficient (Wildman–Crippen LogP) is 9.11. The molecule has 1 aliphatic rings. The Bertz CT molecular complexity index is 899. The molecular formula is C45H85NO8. The van der Waals surface area contributed by atoms with Crippen molar-refractivity contribution in [2.75, 3.05) is 13.2 Å². The molecule has 54 heavy (non-hydrogen) atoms. The molecule has 318 valence electrons. The van der Waals surface area contributed by atoms with Gasteiger partial charge in [0, 0.05) is 6.42 Å². The molecule has 9 heteroatoms. The SMILES string of the molecule is CCCC/C=C\CCCCCCCC(=O)NC(COC1OC(CO)C(O)C(O)C1O)C(O)/C=C/CCCCCCCCCCCCCCCCCCCC. The van der Waals surface area contributed by atoms with E-state index in [4.69, 9.17) is 9.47 Å². The minimum atomic E-state index is -1.56. The second-order valence-corrected chi connectivity index (χ2v) is 15.8. The van der Waals surface area contributed by atoms with Gasteiger partial charge in [0.15, 0.2) is 6.29 Å². The lowest BCUT2D eigenvalue weighted by molar-refractivity contribution is -0.302. The zero-order valence-corrected chi connectivity index (χ0v) is 34.7. The Morgan fingerprint density at radius 2 is 1.06 bits per heavy atom. The van der Waals surface area contributed by atoms with Crippen molar-refractivity contribution < 1.29 is 39.8 Å². The maximum atomic E-state index is 12.9. The van der Waals surface area contributed by atoms with Crippen LogP contribution in [0.2, 0.25) is 0 Å². The lowest BCUT2D eigenvalue weighted by atomic mass is 9.99. The first-order valence-electron chi connectivity index (χ1n) is 22.6. The van der Waals surface area contributed by atoms with E-state index in [1.165, 1.54) is 116 Å². The molecule has 0 aliphatic carbocycles. The smallest absolute Gasteiger partial charge is 0.220 e. The topological polar surface area (TPSA) is 149 Å². The first-order chi connectivity index (χ1) is 26.3. The van der Waals surface area contributed by atoms with E-state index in [9.17, 15) is 30.3 Å². The van der Waals surface area contributed by atoms with Crippen molar-refractivity contribution in [3.63, 3.8) is 0 Å². The molecule has 0 aromatic carbocycles. The van der Waals surface area contributed by atoms with Crippen LogP contribution in [-0.4, -0.2) is 87.5 Å². The highest BCUT2D eigenvalue weighted by molar-refractivity contribution is 5.76. The van der Waals surface area contributed by atoms with Gasteiger partial charge >= 0.3 is 0 Å². The van der Waals surface area contributed by atoms with E-state index in [1.54, 1.807) is 6.08 Å². The Morgan fingerprint density at radius 1 is 0.611 bits per heavy atom.